The lowest BCUT2D eigenvalue weighted by Crippen LogP contribution is -2.30. The quantitative estimate of drug-likeness (QED) is 0.517. The molecule has 1 N–H and O–H groups in total. The zero-order valence-corrected chi connectivity index (χ0v) is 14.1. The van der Waals surface area contributed by atoms with Crippen LogP contribution in [0.5, 0.6) is 0 Å². The van der Waals surface area contributed by atoms with Gasteiger partial charge in [-0.3, -0.25) is 14.6 Å². The number of carbonyl (C=O) groups excluding carboxylic acids is 2. The van der Waals surface area contributed by atoms with Crippen LogP contribution in [0.3, 0.4) is 0 Å². The van der Waals surface area contributed by atoms with Crippen molar-refractivity contribution in [3.05, 3.63) is 71.6 Å². The topological polar surface area (TPSA) is 70.5 Å². The molecule has 1 fully saturated rings. The first-order valence-corrected chi connectivity index (χ1v) is 8.39. The van der Waals surface area contributed by atoms with Crippen LogP contribution in [-0.2, 0) is 9.59 Å². The van der Waals surface area contributed by atoms with E-state index in [0.717, 1.165) is 18.4 Å². The zero-order valence-electron chi connectivity index (χ0n) is 14.1. The fourth-order valence-electron chi connectivity index (χ4n) is 3.07. The Morgan fingerprint density at radius 1 is 1.16 bits per heavy atom. The summed E-state index contributed by atoms with van der Waals surface area (Å²) in [7, 11) is 0. The Labute approximate surface area is 146 Å². The lowest BCUT2D eigenvalue weighted by Gasteiger charge is -2.24. The number of likely N-dealkylation sites (tertiary alicyclic amines) is 1. The summed E-state index contributed by atoms with van der Waals surface area (Å²) < 4.78 is 0. The molecule has 5 heteroatoms. The fourth-order valence-corrected chi connectivity index (χ4v) is 3.07. The number of pyridine rings is 1. The molecule has 1 amide bonds. The molecule has 1 aromatic carbocycles. The van der Waals surface area contributed by atoms with Crippen molar-refractivity contribution in [1.29, 1.82) is 0 Å². The van der Waals surface area contributed by atoms with Crippen LogP contribution in [0.2, 0.25) is 0 Å². The standard InChI is InChI=1S/C20H20N2O3/c1-2-3-12-22-17(15-10-7-11-21-13-15)16(19(24)20(22)25)18(23)14-8-5-4-6-9-14/h4-11,13,17,23H,2-3,12H2,1H3/b18-16-. The Kier molecular flexibility index (Phi) is 4.93. The summed E-state index contributed by atoms with van der Waals surface area (Å²) in [5, 5.41) is 10.7. The van der Waals surface area contributed by atoms with Gasteiger partial charge in [0.05, 0.1) is 11.6 Å². The van der Waals surface area contributed by atoms with E-state index in [9.17, 15) is 14.7 Å². The van der Waals surface area contributed by atoms with Crippen molar-refractivity contribution >= 4 is 17.4 Å². The predicted molar refractivity (Wildman–Crippen MR) is 94.6 cm³/mol. The Morgan fingerprint density at radius 3 is 2.56 bits per heavy atom. The van der Waals surface area contributed by atoms with Gasteiger partial charge in [0.2, 0.25) is 0 Å². The average Bonchev–Trinajstić information content (AvgIpc) is 2.91. The Morgan fingerprint density at radius 2 is 1.92 bits per heavy atom. The lowest BCUT2D eigenvalue weighted by molar-refractivity contribution is -0.139. The number of carbonyl (C=O) groups is 2. The Balaban J connectivity index is 2.14. The van der Waals surface area contributed by atoms with Gasteiger partial charge in [-0.25, -0.2) is 0 Å². The minimum absolute atomic E-state index is 0.125. The molecule has 2 aromatic rings. The first-order valence-electron chi connectivity index (χ1n) is 8.39. The molecule has 0 radical (unpaired) electrons. The van der Waals surface area contributed by atoms with Crippen LogP contribution >= 0.6 is 0 Å². The van der Waals surface area contributed by atoms with Crippen LogP contribution < -0.4 is 0 Å². The molecule has 0 spiro atoms. The van der Waals surface area contributed by atoms with E-state index in [2.05, 4.69) is 4.98 Å². The highest BCUT2D eigenvalue weighted by Crippen LogP contribution is 2.39. The fraction of sp³-hybridized carbons (Fsp3) is 0.250. The molecule has 3 rings (SSSR count). The van der Waals surface area contributed by atoms with Crippen molar-refractivity contribution < 1.29 is 14.7 Å². The van der Waals surface area contributed by atoms with Crippen LogP contribution in [0.15, 0.2) is 60.4 Å². The van der Waals surface area contributed by atoms with Gasteiger partial charge in [0.15, 0.2) is 0 Å². The monoisotopic (exact) mass is 336 g/mol. The number of Topliss-reactive ketones (excluding diaryl/α,β-unsaturated/α-hetero) is 1. The predicted octanol–water partition coefficient (Wildman–Crippen LogP) is 3.30. The summed E-state index contributed by atoms with van der Waals surface area (Å²) in [5.41, 5.74) is 1.36. The average molecular weight is 336 g/mol. The smallest absolute Gasteiger partial charge is 0.295 e. The molecule has 1 aromatic heterocycles. The van der Waals surface area contributed by atoms with Gasteiger partial charge in [0, 0.05) is 24.5 Å². The number of ketones is 1. The van der Waals surface area contributed by atoms with E-state index in [1.807, 2.05) is 19.1 Å². The van der Waals surface area contributed by atoms with Gasteiger partial charge >= 0.3 is 0 Å². The number of nitrogens with zero attached hydrogens (tertiary/aromatic N) is 2. The summed E-state index contributed by atoms with van der Waals surface area (Å²) in [6, 6.07) is 11.8. The first kappa shape index (κ1) is 16.9. The molecular weight excluding hydrogens is 316 g/mol. The number of rotatable bonds is 5. The van der Waals surface area contributed by atoms with Gasteiger partial charge in [-0.15, -0.1) is 0 Å². The minimum Gasteiger partial charge on any atom is -0.507 e. The third kappa shape index (κ3) is 3.18. The third-order valence-corrected chi connectivity index (χ3v) is 4.34. The molecule has 0 saturated carbocycles. The maximum absolute atomic E-state index is 12.6. The molecule has 0 aliphatic carbocycles. The first-order chi connectivity index (χ1) is 12.1. The molecule has 5 nitrogen and oxygen atoms in total. The molecule has 1 aliphatic heterocycles. The summed E-state index contributed by atoms with van der Waals surface area (Å²) in [5.74, 6) is -1.36. The van der Waals surface area contributed by atoms with Gasteiger partial charge in [-0.1, -0.05) is 49.7 Å². The van der Waals surface area contributed by atoms with Gasteiger partial charge in [0.25, 0.3) is 11.7 Å². The molecule has 1 atom stereocenters. The minimum atomic E-state index is -0.647. The number of hydrogen-bond donors (Lipinski definition) is 1. The Bertz CT molecular complexity index is 800. The van der Waals surface area contributed by atoms with Crippen molar-refractivity contribution in [3.63, 3.8) is 0 Å². The van der Waals surface area contributed by atoms with Crippen LogP contribution in [0, 0.1) is 0 Å². The normalized spacial score (nSPS) is 19.4. The summed E-state index contributed by atoms with van der Waals surface area (Å²) in [6.45, 7) is 2.49. The summed E-state index contributed by atoms with van der Waals surface area (Å²) >= 11 is 0. The second kappa shape index (κ2) is 7.30. The third-order valence-electron chi connectivity index (χ3n) is 4.34. The number of hydrogen-bond acceptors (Lipinski definition) is 4. The maximum atomic E-state index is 12.6. The number of benzene rings is 1. The SMILES string of the molecule is CCCCN1C(=O)C(=O)/C(=C(\O)c2ccccc2)C1c1cccnc1. The Hall–Kier alpha value is -2.95. The van der Waals surface area contributed by atoms with Gasteiger partial charge in [0.1, 0.15) is 5.76 Å². The second-order valence-electron chi connectivity index (χ2n) is 6.00. The van der Waals surface area contributed by atoms with E-state index in [1.54, 1.807) is 42.7 Å². The van der Waals surface area contributed by atoms with E-state index >= 15 is 0 Å². The van der Waals surface area contributed by atoms with Crippen molar-refractivity contribution in [2.24, 2.45) is 0 Å². The maximum Gasteiger partial charge on any atom is 0.295 e. The van der Waals surface area contributed by atoms with Crippen LogP contribution in [0.25, 0.3) is 5.76 Å². The van der Waals surface area contributed by atoms with E-state index in [1.165, 1.54) is 4.90 Å². The van der Waals surface area contributed by atoms with Crippen molar-refractivity contribution in [2.45, 2.75) is 25.8 Å². The van der Waals surface area contributed by atoms with E-state index < -0.39 is 17.7 Å². The molecule has 0 bridgehead atoms. The highest BCUT2D eigenvalue weighted by molar-refractivity contribution is 6.46. The zero-order chi connectivity index (χ0) is 17.8. The molecule has 2 heterocycles. The molecule has 25 heavy (non-hydrogen) atoms. The van der Waals surface area contributed by atoms with Gasteiger partial charge in [-0.2, -0.15) is 0 Å². The molecule has 128 valence electrons. The van der Waals surface area contributed by atoms with Crippen LogP contribution in [0.1, 0.15) is 36.9 Å². The second-order valence-corrected chi connectivity index (χ2v) is 6.00. The molecular formula is C20H20N2O3. The van der Waals surface area contributed by atoms with Crippen molar-refractivity contribution in [2.75, 3.05) is 6.54 Å². The number of aromatic nitrogens is 1. The largest absolute Gasteiger partial charge is 0.507 e. The van der Waals surface area contributed by atoms with Crippen LogP contribution in [0.4, 0.5) is 0 Å². The highest BCUT2D eigenvalue weighted by atomic mass is 16.3. The number of amides is 1. The van der Waals surface area contributed by atoms with Gasteiger partial charge < -0.3 is 10.0 Å². The van der Waals surface area contributed by atoms with Crippen molar-refractivity contribution in [3.8, 4) is 0 Å². The lowest BCUT2D eigenvalue weighted by atomic mass is 9.96. The number of unbranched alkanes of at least 4 members (excludes halogenated alkanes) is 1. The van der Waals surface area contributed by atoms with E-state index in [-0.39, 0.29) is 11.3 Å². The molecule has 1 aliphatic rings. The summed E-state index contributed by atoms with van der Waals surface area (Å²) in [4.78, 5) is 30.8. The molecule has 1 saturated heterocycles. The number of aliphatic hydroxyl groups is 1. The van der Waals surface area contributed by atoms with Crippen molar-refractivity contribution in [1.82, 2.24) is 9.88 Å². The summed E-state index contributed by atoms with van der Waals surface area (Å²) in [6.07, 6.45) is 4.96. The van der Waals surface area contributed by atoms with E-state index in [0.29, 0.717) is 12.1 Å². The highest BCUT2D eigenvalue weighted by Gasteiger charge is 2.45. The van der Waals surface area contributed by atoms with E-state index in [4.69, 9.17) is 0 Å². The van der Waals surface area contributed by atoms with Crippen LogP contribution in [-0.4, -0.2) is 33.2 Å². The number of aliphatic hydroxyl groups excluding tert-OH is 1. The molecule has 1 unspecified atom stereocenters. The van der Waals surface area contributed by atoms with Gasteiger partial charge in [-0.05, 0) is 18.1 Å².